The van der Waals surface area contributed by atoms with Crippen molar-refractivity contribution in [1.82, 2.24) is 4.31 Å². The average molecular weight is 268 g/mol. The van der Waals surface area contributed by atoms with Crippen LogP contribution < -0.4 is 5.32 Å². The van der Waals surface area contributed by atoms with Crippen LogP contribution in [0.5, 0.6) is 0 Å². The molecule has 0 saturated heterocycles. The van der Waals surface area contributed by atoms with Crippen molar-refractivity contribution in [2.45, 2.75) is 24.7 Å². The highest BCUT2D eigenvalue weighted by Gasteiger charge is 2.30. The first kappa shape index (κ1) is 13.4. The van der Waals surface area contributed by atoms with E-state index in [2.05, 4.69) is 5.32 Å². The Labute approximate surface area is 109 Å². The minimum absolute atomic E-state index is 0.372. The first-order chi connectivity index (χ1) is 8.57. The predicted molar refractivity (Wildman–Crippen MR) is 73.1 cm³/mol. The molecule has 5 heteroatoms. The smallest absolute Gasteiger partial charge is 0.243 e. The number of anilines is 1. The lowest BCUT2D eigenvalue weighted by Gasteiger charge is -2.20. The number of benzene rings is 1. The lowest BCUT2D eigenvalue weighted by atomic mass is 10.3. The van der Waals surface area contributed by atoms with Crippen molar-refractivity contribution in [3.63, 3.8) is 0 Å². The van der Waals surface area contributed by atoms with Crippen LogP contribution in [0, 0.1) is 5.92 Å². The SMILES string of the molecule is CCN(CC1CC1)S(=O)(=O)c1cccc(NC)c1. The number of nitrogens with one attached hydrogen (secondary N) is 1. The maximum absolute atomic E-state index is 12.5. The van der Waals surface area contributed by atoms with Gasteiger partial charge in [0.1, 0.15) is 0 Å². The van der Waals surface area contributed by atoms with Gasteiger partial charge >= 0.3 is 0 Å². The van der Waals surface area contributed by atoms with Crippen LogP contribution in [0.3, 0.4) is 0 Å². The molecule has 0 aromatic heterocycles. The van der Waals surface area contributed by atoms with Crippen LogP contribution in [0.2, 0.25) is 0 Å². The van der Waals surface area contributed by atoms with Gasteiger partial charge in [0.05, 0.1) is 4.90 Å². The number of hydrogen-bond donors (Lipinski definition) is 1. The Bertz CT molecular complexity index is 509. The van der Waals surface area contributed by atoms with Gasteiger partial charge in [0, 0.05) is 25.8 Å². The summed E-state index contributed by atoms with van der Waals surface area (Å²) < 4.78 is 26.6. The van der Waals surface area contributed by atoms with E-state index in [0.717, 1.165) is 18.5 Å². The van der Waals surface area contributed by atoms with E-state index in [4.69, 9.17) is 0 Å². The minimum Gasteiger partial charge on any atom is -0.388 e. The monoisotopic (exact) mass is 268 g/mol. The Balaban J connectivity index is 2.26. The van der Waals surface area contributed by atoms with Gasteiger partial charge in [-0.3, -0.25) is 0 Å². The molecule has 18 heavy (non-hydrogen) atoms. The first-order valence-corrected chi connectivity index (χ1v) is 7.80. The molecule has 0 radical (unpaired) electrons. The summed E-state index contributed by atoms with van der Waals surface area (Å²) in [6.07, 6.45) is 2.31. The summed E-state index contributed by atoms with van der Waals surface area (Å²) in [7, 11) is -1.56. The number of rotatable bonds is 6. The Morgan fingerprint density at radius 1 is 1.39 bits per heavy atom. The van der Waals surface area contributed by atoms with Gasteiger partial charge in [-0.05, 0) is 37.0 Å². The molecular weight excluding hydrogens is 248 g/mol. The van der Waals surface area contributed by atoms with Crippen LogP contribution in [0.25, 0.3) is 0 Å². The molecule has 0 unspecified atom stereocenters. The predicted octanol–water partition coefficient (Wildman–Crippen LogP) is 2.15. The molecule has 2 rings (SSSR count). The highest BCUT2D eigenvalue weighted by atomic mass is 32.2. The zero-order chi connectivity index (χ0) is 13.2. The standard InChI is InChI=1S/C13H20N2O2S/c1-3-15(10-11-7-8-11)18(16,17)13-6-4-5-12(9-13)14-2/h4-6,9,11,14H,3,7-8,10H2,1-2H3. The molecule has 1 N–H and O–H groups in total. The molecule has 1 aromatic carbocycles. The topological polar surface area (TPSA) is 49.4 Å². The van der Waals surface area contributed by atoms with Crippen LogP contribution in [-0.4, -0.2) is 32.9 Å². The van der Waals surface area contributed by atoms with Gasteiger partial charge in [0.25, 0.3) is 0 Å². The van der Waals surface area contributed by atoms with E-state index in [1.54, 1.807) is 29.6 Å². The number of hydrogen-bond acceptors (Lipinski definition) is 3. The van der Waals surface area contributed by atoms with Crippen LogP contribution >= 0.6 is 0 Å². The van der Waals surface area contributed by atoms with Gasteiger partial charge in [-0.1, -0.05) is 13.0 Å². The second-order valence-electron chi connectivity index (χ2n) is 4.68. The third-order valence-electron chi connectivity index (χ3n) is 3.27. The second kappa shape index (κ2) is 5.28. The molecule has 1 aromatic rings. The van der Waals surface area contributed by atoms with Crippen molar-refractivity contribution < 1.29 is 8.42 Å². The molecule has 1 saturated carbocycles. The molecule has 0 bridgehead atoms. The lowest BCUT2D eigenvalue weighted by molar-refractivity contribution is 0.412. The largest absolute Gasteiger partial charge is 0.388 e. The fourth-order valence-electron chi connectivity index (χ4n) is 1.95. The molecule has 4 nitrogen and oxygen atoms in total. The molecule has 0 spiro atoms. The molecule has 1 aliphatic carbocycles. The Morgan fingerprint density at radius 2 is 2.11 bits per heavy atom. The van der Waals surface area contributed by atoms with E-state index in [0.29, 0.717) is 23.9 Å². The van der Waals surface area contributed by atoms with Crippen molar-refractivity contribution in [2.24, 2.45) is 5.92 Å². The third kappa shape index (κ3) is 2.84. The van der Waals surface area contributed by atoms with E-state index in [1.165, 1.54) is 0 Å². The Kier molecular flexibility index (Phi) is 3.92. The van der Waals surface area contributed by atoms with Gasteiger partial charge in [-0.25, -0.2) is 8.42 Å². The fourth-order valence-corrected chi connectivity index (χ4v) is 3.52. The molecule has 0 aliphatic heterocycles. The van der Waals surface area contributed by atoms with E-state index in [-0.39, 0.29) is 0 Å². The van der Waals surface area contributed by atoms with Gasteiger partial charge in [-0.15, -0.1) is 0 Å². The molecular formula is C13H20N2O2S. The van der Waals surface area contributed by atoms with Crippen LogP contribution in [0.15, 0.2) is 29.2 Å². The normalized spacial score (nSPS) is 15.9. The van der Waals surface area contributed by atoms with Crippen molar-refractivity contribution in [3.05, 3.63) is 24.3 Å². The van der Waals surface area contributed by atoms with Crippen molar-refractivity contribution in [1.29, 1.82) is 0 Å². The summed E-state index contributed by atoms with van der Waals surface area (Å²) in [5.41, 5.74) is 0.818. The molecule has 0 heterocycles. The van der Waals surface area contributed by atoms with Gasteiger partial charge in [-0.2, -0.15) is 4.31 Å². The van der Waals surface area contributed by atoms with Crippen LogP contribution in [0.4, 0.5) is 5.69 Å². The van der Waals surface area contributed by atoms with Gasteiger partial charge in [0.15, 0.2) is 0 Å². The summed E-state index contributed by atoms with van der Waals surface area (Å²) in [6.45, 7) is 3.08. The zero-order valence-corrected chi connectivity index (χ0v) is 11.7. The third-order valence-corrected chi connectivity index (χ3v) is 5.21. The van der Waals surface area contributed by atoms with Gasteiger partial charge < -0.3 is 5.32 Å². The van der Waals surface area contributed by atoms with Crippen molar-refractivity contribution >= 4 is 15.7 Å². The molecule has 1 aliphatic rings. The van der Waals surface area contributed by atoms with Crippen molar-refractivity contribution in [3.8, 4) is 0 Å². The zero-order valence-electron chi connectivity index (χ0n) is 10.9. The summed E-state index contributed by atoms with van der Waals surface area (Å²) in [4.78, 5) is 0.372. The highest BCUT2D eigenvalue weighted by molar-refractivity contribution is 7.89. The summed E-state index contributed by atoms with van der Waals surface area (Å²) in [6, 6.07) is 6.97. The quantitative estimate of drug-likeness (QED) is 0.860. The number of nitrogens with zero attached hydrogens (tertiary/aromatic N) is 1. The van der Waals surface area contributed by atoms with Gasteiger partial charge in [0.2, 0.25) is 10.0 Å². The molecule has 1 fully saturated rings. The Hall–Kier alpha value is -1.07. The van der Waals surface area contributed by atoms with E-state index >= 15 is 0 Å². The van der Waals surface area contributed by atoms with Crippen LogP contribution in [0.1, 0.15) is 19.8 Å². The summed E-state index contributed by atoms with van der Waals surface area (Å²) in [5, 5.41) is 2.97. The second-order valence-corrected chi connectivity index (χ2v) is 6.61. The maximum atomic E-state index is 12.5. The summed E-state index contributed by atoms with van der Waals surface area (Å²) in [5.74, 6) is 0.562. The summed E-state index contributed by atoms with van der Waals surface area (Å²) >= 11 is 0. The minimum atomic E-state index is -3.35. The lowest BCUT2D eigenvalue weighted by Crippen LogP contribution is -2.32. The highest BCUT2D eigenvalue weighted by Crippen LogP contribution is 2.31. The van der Waals surface area contributed by atoms with Crippen LogP contribution in [-0.2, 0) is 10.0 Å². The average Bonchev–Trinajstić information content (AvgIpc) is 3.19. The van der Waals surface area contributed by atoms with E-state index in [9.17, 15) is 8.42 Å². The van der Waals surface area contributed by atoms with E-state index in [1.807, 2.05) is 13.0 Å². The maximum Gasteiger partial charge on any atom is 0.243 e. The Morgan fingerprint density at radius 3 is 2.67 bits per heavy atom. The fraction of sp³-hybridized carbons (Fsp3) is 0.538. The van der Waals surface area contributed by atoms with Crippen molar-refractivity contribution in [2.75, 3.05) is 25.5 Å². The molecule has 0 atom stereocenters. The first-order valence-electron chi connectivity index (χ1n) is 6.36. The van der Waals surface area contributed by atoms with E-state index < -0.39 is 10.0 Å². The molecule has 100 valence electrons. The number of sulfonamides is 1. The molecule has 0 amide bonds.